The molecule has 0 amide bonds. The Balaban J connectivity index is 2.35. The van der Waals surface area contributed by atoms with E-state index in [-0.39, 0.29) is 6.04 Å². The van der Waals surface area contributed by atoms with E-state index in [4.69, 9.17) is 0 Å². The zero-order valence-corrected chi connectivity index (χ0v) is 9.71. The molecule has 3 heteroatoms. The molecule has 0 aliphatic heterocycles. The average Bonchev–Trinajstić information content (AvgIpc) is 2.72. The van der Waals surface area contributed by atoms with E-state index in [9.17, 15) is 0 Å². The van der Waals surface area contributed by atoms with Crippen LogP contribution in [0.3, 0.4) is 0 Å². The lowest BCUT2D eigenvalue weighted by atomic mass is 10.1. The largest absolute Gasteiger partial charge is 0.308 e. The van der Waals surface area contributed by atoms with Gasteiger partial charge >= 0.3 is 0 Å². The van der Waals surface area contributed by atoms with Gasteiger partial charge < -0.3 is 5.32 Å². The zero-order valence-electron chi connectivity index (χ0n) is 8.90. The van der Waals surface area contributed by atoms with Crippen LogP contribution in [0.1, 0.15) is 22.9 Å². The van der Waals surface area contributed by atoms with Gasteiger partial charge in [0.05, 0.1) is 11.7 Å². The van der Waals surface area contributed by atoms with Crippen molar-refractivity contribution in [1.29, 1.82) is 0 Å². The van der Waals surface area contributed by atoms with Crippen molar-refractivity contribution in [2.75, 3.05) is 7.05 Å². The number of aryl methyl sites for hydroxylation is 1. The fourth-order valence-electron chi connectivity index (χ4n) is 1.64. The van der Waals surface area contributed by atoms with Crippen molar-refractivity contribution in [1.82, 2.24) is 10.3 Å². The molecule has 2 aromatic rings. The molecule has 78 valence electrons. The van der Waals surface area contributed by atoms with Crippen LogP contribution in [-0.4, -0.2) is 12.0 Å². The Bertz CT molecular complexity index is 423. The van der Waals surface area contributed by atoms with E-state index in [1.54, 1.807) is 11.3 Å². The van der Waals surface area contributed by atoms with Gasteiger partial charge in [-0.2, -0.15) is 11.3 Å². The lowest BCUT2D eigenvalue weighted by Crippen LogP contribution is -2.18. The third-order valence-electron chi connectivity index (χ3n) is 2.40. The second kappa shape index (κ2) is 4.55. The highest BCUT2D eigenvalue weighted by Gasteiger charge is 2.13. The van der Waals surface area contributed by atoms with Gasteiger partial charge in [-0.05, 0) is 54.1 Å². The minimum Gasteiger partial charge on any atom is -0.308 e. The number of nitrogens with one attached hydrogen (secondary N) is 1. The molecule has 0 saturated heterocycles. The quantitative estimate of drug-likeness (QED) is 0.857. The van der Waals surface area contributed by atoms with E-state index < -0.39 is 0 Å². The lowest BCUT2D eigenvalue weighted by Gasteiger charge is -2.14. The first-order valence-corrected chi connectivity index (χ1v) is 5.87. The second-order valence-corrected chi connectivity index (χ2v) is 4.32. The Labute approximate surface area is 94.0 Å². The number of rotatable bonds is 3. The van der Waals surface area contributed by atoms with Gasteiger partial charge in [-0.25, -0.2) is 0 Å². The highest BCUT2D eigenvalue weighted by atomic mass is 32.1. The maximum atomic E-state index is 4.41. The van der Waals surface area contributed by atoms with E-state index in [1.165, 1.54) is 11.1 Å². The van der Waals surface area contributed by atoms with Crippen molar-refractivity contribution in [3.63, 3.8) is 0 Å². The summed E-state index contributed by atoms with van der Waals surface area (Å²) in [5, 5.41) is 7.54. The van der Waals surface area contributed by atoms with E-state index >= 15 is 0 Å². The highest BCUT2D eigenvalue weighted by Crippen LogP contribution is 2.22. The molecule has 0 aromatic carbocycles. The standard InChI is InChI=1S/C12H14N2S/c1-9-3-5-14-11(7-9)12(13-2)10-4-6-15-8-10/h3-8,12-13H,1-2H3. The predicted octanol–water partition coefficient (Wildman–Crippen LogP) is 2.76. The number of hydrogen-bond acceptors (Lipinski definition) is 3. The van der Waals surface area contributed by atoms with Crippen LogP contribution in [0, 0.1) is 6.92 Å². The molecule has 0 fully saturated rings. The smallest absolute Gasteiger partial charge is 0.0757 e. The summed E-state index contributed by atoms with van der Waals surface area (Å²) >= 11 is 1.71. The molecule has 0 aliphatic carbocycles. The van der Waals surface area contributed by atoms with E-state index in [2.05, 4.69) is 40.1 Å². The minimum absolute atomic E-state index is 0.205. The van der Waals surface area contributed by atoms with Crippen LogP contribution in [0.5, 0.6) is 0 Å². The first kappa shape index (κ1) is 10.3. The number of nitrogens with zero attached hydrogens (tertiary/aromatic N) is 1. The molecule has 0 radical (unpaired) electrons. The summed E-state index contributed by atoms with van der Waals surface area (Å²) < 4.78 is 0. The number of thiophene rings is 1. The summed E-state index contributed by atoms with van der Waals surface area (Å²) in [7, 11) is 1.96. The molecule has 2 rings (SSSR count). The van der Waals surface area contributed by atoms with Gasteiger partial charge in [0.1, 0.15) is 0 Å². The van der Waals surface area contributed by atoms with Gasteiger partial charge in [-0.1, -0.05) is 0 Å². The highest BCUT2D eigenvalue weighted by molar-refractivity contribution is 7.08. The Kier molecular flexibility index (Phi) is 3.14. The average molecular weight is 218 g/mol. The predicted molar refractivity (Wildman–Crippen MR) is 64.2 cm³/mol. The molecule has 15 heavy (non-hydrogen) atoms. The molecule has 1 atom stereocenters. The number of hydrogen-bond donors (Lipinski definition) is 1. The van der Waals surface area contributed by atoms with Gasteiger partial charge in [0.15, 0.2) is 0 Å². The molecule has 0 saturated carbocycles. The van der Waals surface area contributed by atoms with Crippen molar-refractivity contribution >= 4 is 11.3 Å². The summed E-state index contributed by atoms with van der Waals surface area (Å²) in [5.74, 6) is 0. The topological polar surface area (TPSA) is 24.9 Å². The normalized spacial score (nSPS) is 12.7. The SMILES string of the molecule is CNC(c1ccsc1)c1cc(C)ccn1. The summed E-state index contributed by atoms with van der Waals surface area (Å²) in [6, 6.07) is 6.48. The van der Waals surface area contributed by atoms with E-state index in [1.807, 2.05) is 19.3 Å². The fraction of sp³-hybridized carbons (Fsp3) is 0.250. The molecular formula is C12H14N2S. The number of aromatic nitrogens is 1. The van der Waals surface area contributed by atoms with Crippen molar-refractivity contribution in [2.45, 2.75) is 13.0 Å². The van der Waals surface area contributed by atoms with Gasteiger partial charge in [0.25, 0.3) is 0 Å². The van der Waals surface area contributed by atoms with Crippen LogP contribution in [-0.2, 0) is 0 Å². The Morgan fingerprint density at radius 1 is 1.40 bits per heavy atom. The minimum atomic E-state index is 0.205. The van der Waals surface area contributed by atoms with Crippen molar-refractivity contribution in [3.8, 4) is 0 Å². The van der Waals surface area contributed by atoms with Crippen LogP contribution in [0.25, 0.3) is 0 Å². The third kappa shape index (κ3) is 2.25. The third-order valence-corrected chi connectivity index (χ3v) is 3.10. The van der Waals surface area contributed by atoms with Crippen LogP contribution in [0.2, 0.25) is 0 Å². The summed E-state index contributed by atoms with van der Waals surface area (Å²) in [6.45, 7) is 2.09. The van der Waals surface area contributed by atoms with Crippen molar-refractivity contribution in [2.24, 2.45) is 0 Å². The molecule has 0 bridgehead atoms. The Morgan fingerprint density at radius 3 is 2.87 bits per heavy atom. The molecule has 2 aromatic heterocycles. The molecule has 0 spiro atoms. The summed E-state index contributed by atoms with van der Waals surface area (Å²) in [6.07, 6.45) is 1.86. The van der Waals surface area contributed by atoms with Gasteiger partial charge in [-0.15, -0.1) is 0 Å². The van der Waals surface area contributed by atoms with E-state index in [0.29, 0.717) is 0 Å². The zero-order chi connectivity index (χ0) is 10.7. The molecule has 0 aliphatic rings. The maximum absolute atomic E-state index is 4.41. The van der Waals surface area contributed by atoms with Gasteiger partial charge in [0.2, 0.25) is 0 Å². The van der Waals surface area contributed by atoms with Crippen LogP contribution in [0.15, 0.2) is 35.2 Å². The molecule has 2 nitrogen and oxygen atoms in total. The van der Waals surface area contributed by atoms with Crippen molar-refractivity contribution < 1.29 is 0 Å². The van der Waals surface area contributed by atoms with Crippen molar-refractivity contribution in [3.05, 3.63) is 52.0 Å². The Hall–Kier alpha value is -1.19. The van der Waals surface area contributed by atoms with Gasteiger partial charge in [-0.3, -0.25) is 4.98 Å². The summed E-state index contributed by atoms with van der Waals surface area (Å²) in [4.78, 5) is 4.41. The first-order valence-electron chi connectivity index (χ1n) is 4.93. The van der Waals surface area contributed by atoms with Crippen LogP contribution in [0.4, 0.5) is 0 Å². The Morgan fingerprint density at radius 2 is 2.27 bits per heavy atom. The van der Waals surface area contributed by atoms with E-state index in [0.717, 1.165) is 5.69 Å². The fourth-order valence-corrected chi connectivity index (χ4v) is 2.33. The molecule has 1 N–H and O–H groups in total. The monoisotopic (exact) mass is 218 g/mol. The molecule has 1 unspecified atom stereocenters. The maximum Gasteiger partial charge on any atom is 0.0757 e. The number of pyridine rings is 1. The lowest BCUT2D eigenvalue weighted by molar-refractivity contribution is 0.672. The molecular weight excluding hydrogens is 204 g/mol. The van der Waals surface area contributed by atoms with Crippen LogP contribution < -0.4 is 5.32 Å². The van der Waals surface area contributed by atoms with Gasteiger partial charge in [0, 0.05) is 6.20 Å². The van der Waals surface area contributed by atoms with Crippen LogP contribution >= 0.6 is 11.3 Å². The molecule has 2 heterocycles. The summed E-state index contributed by atoms with van der Waals surface area (Å²) in [5.41, 5.74) is 3.60. The first-order chi connectivity index (χ1) is 7.31. The second-order valence-electron chi connectivity index (χ2n) is 3.54.